The standard InChI is InChI=1S/C61H68N6O13S/c1-61(2,81-24-10-15-58(70)80-67-56(68)16-17-57(67)69)38-64(18-19-76-22-23-77-21-20-73-3)43-26-39(36-78-54-32-48-46(30-52(54)74-4)59(71)65-44(34-62-48)28-41-11-6-8-13-50(41)65)25-40(27-43)37-79-55-33-49-47(31-53(55)75-5)60(72)66-45(35-63-49)29-42-12-7-9-14-51(42)66/h6-9,11-14,25-27,30-34,44-45,63H,10,15-24,28-29,35-38H2,1-5H3/t44-,45+/m0/s1. The summed E-state index contributed by atoms with van der Waals surface area (Å²) >= 11 is 1.69. The van der Waals surface area contributed by atoms with Crippen LogP contribution in [0.25, 0.3) is 0 Å². The fraction of sp³-hybridized carbons (Fsp3) is 0.410. The van der Waals surface area contributed by atoms with Crippen molar-refractivity contribution >= 4 is 76.0 Å². The number of amides is 4. The zero-order chi connectivity index (χ0) is 56.6. The molecule has 1 saturated heterocycles. The number of nitrogens with zero attached hydrogens (tertiary/aromatic N) is 5. The number of methoxy groups -OCH3 is 3. The second kappa shape index (κ2) is 25.4. The number of imide groups is 1. The van der Waals surface area contributed by atoms with Crippen LogP contribution in [0.4, 0.5) is 28.4 Å². The zero-order valence-corrected chi connectivity index (χ0v) is 47.2. The third kappa shape index (κ3) is 12.9. The normalized spacial score (nSPS) is 16.9. The summed E-state index contributed by atoms with van der Waals surface area (Å²) in [6.07, 6.45) is 3.80. The van der Waals surface area contributed by atoms with Crippen molar-refractivity contribution in [3.8, 4) is 23.0 Å². The van der Waals surface area contributed by atoms with Gasteiger partial charge in [0.1, 0.15) is 13.2 Å². The first kappa shape index (κ1) is 56.6. The molecule has 0 aliphatic carbocycles. The van der Waals surface area contributed by atoms with Crippen molar-refractivity contribution in [3.63, 3.8) is 0 Å². The molecule has 5 heterocycles. The zero-order valence-electron chi connectivity index (χ0n) is 46.4. The second-order valence-electron chi connectivity index (χ2n) is 20.9. The Bertz CT molecular complexity index is 3190. The quantitative estimate of drug-likeness (QED) is 0.0408. The molecule has 0 saturated carbocycles. The summed E-state index contributed by atoms with van der Waals surface area (Å²) in [5.74, 6) is 0.309. The van der Waals surface area contributed by atoms with E-state index in [0.29, 0.717) is 122 Å². The number of carbonyl (C=O) groups excluding carboxylic acids is 5. The van der Waals surface area contributed by atoms with Crippen molar-refractivity contribution in [3.05, 3.63) is 124 Å². The van der Waals surface area contributed by atoms with E-state index >= 15 is 0 Å². The van der Waals surface area contributed by atoms with Crippen molar-refractivity contribution in [2.75, 3.05) is 99.8 Å². The van der Waals surface area contributed by atoms with Crippen LogP contribution in [0.1, 0.15) is 82.5 Å². The number of ether oxygens (including phenoxy) is 7. The molecule has 10 rings (SSSR count). The van der Waals surface area contributed by atoms with E-state index in [1.165, 1.54) is 0 Å². The Morgan fingerprint density at radius 2 is 1.33 bits per heavy atom. The molecule has 4 amide bonds. The predicted molar refractivity (Wildman–Crippen MR) is 308 cm³/mol. The Balaban J connectivity index is 0.918. The third-order valence-corrected chi connectivity index (χ3v) is 16.2. The third-order valence-electron chi connectivity index (χ3n) is 14.8. The van der Waals surface area contributed by atoms with Gasteiger partial charge >= 0.3 is 5.97 Å². The topological polar surface area (TPSA) is 197 Å². The van der Waals surface area contributed by atoms with Gasteiger partial charge in [-0.05, 0) is 97.2 Å². The average Bonchev–Trinajstić information content (AvgIpc) is 4.22. The molecular weight excluding hydrogens is 1060 g/mol. The number of anilines is 4. The number of benzene rings is 5. The predicted octanol–water partition coefficient (Wildman–Crippen LogP) is 8.53. The molecule has 0 unspecified atom stereocenters. The highest BCUT2D eigenvalue weighted by Crippen LogP contribution is 2.43. The smallest absolute Gasteiger partial charge is 0.333 e. The lowest BCUT2D eigenvalue weighted by atomic mass is 10.1. The van der Waals surface area contributed by atoms with E-state index in [1.54, 1.807) is 56.2 Å². The summed E-state index contributed by atoms with van der Waals surface area (Å²) in [5, 5.41) is 4.11. The first-order valence-corrected chi connectivity index (χ1v) is 28.3. The van der Waals surface area contributed by atoms with Gasteiger partial charge in [-0.1, -0.05) is 36.4 Å². The Hall–Kier alpha value is -7.65. The van der Waals surface area contributed by atoms with Gasteiger partial charge in [-0.3, -0.25) is 29.1 Å². The summed E-state index contributed by atoms with van der Waals surface area (Å²) in [4.78, 5) is 81.2. The number of thioether (sulfide) groups is 1. The van der Waals surface area contributed by atoms with Gasteiger partial charge in [0.25, 0.3) is 23.6 Å². The van der Waals surface area contributed by atoms with Crippen molar-refractivity contribution in [1.29, 1.82) is 0 Å². The largest absolute Gasteiger partial charge is 0.493 e. The summed E-state index contributed by atoms with van der Waals surface area (Å²) in [7, 11) is 4.73. The SMILES string of the molecule is COCCOCCOCCN(CC(C)(C)SCCCC(=O)ON1C(=O)CCC1=O)c1cc(COc2cc3c(cc2OC)C(=O)N2c4ccccc4C[C@H]2C=N3)cc(COc2cc3c(cc2OC)C(=O)N2c4ccccc4C[C@@H]2CN3)c1. The van der Waals surface area contributed by atoms with E-state index in [9.17, 15) is 24.0 Å². The molecule has 1 fully saturated rings. The highest BCUT2D eigenvalue weighted by atomic mass is 32.2. The monoisotopic (exact) mass is 1120 g/mol. The lowest BCUT2D eigenvalue weighted by molar-refractivity contribution is -0.197. The maximum absolute atomic E-state index is 14.3. The number of hydrogen-bond donors (Lipinski definition) is 1. The molecule has 5 aromatic rings. The Morgan fingerprint density at radius 1 is 0.716 bits per heavy atom. The van der Waals surface area contributed by atoms with Crippen molar-refractivity contribution in [1.82, 2.24) is 5.06 Å². The molecule has 81 heavy (non-hydrogen) atoms. The molecule has 1 N–H and O–H groups in total. The minimum Gasteiger partial charge on any atom is -0.493 e. The Labute approximate surface area is 475 Å². The molecule has 5 aromatic carbocycles. The lowest BCUT2D eigenvalue weighted by Gasteiger charge is -2.34. The van der Waals surface area contributed by atoms with Gasteiger partial charge in [0.15, 0.2) is 23.0 Å². The van der Waals surface area contributed by atoms with E-state index in [4.69, 9.17) is 43.0 Å². The fourth-order valence-electron chi connectivity index (χ4n) is 10.8. The minimum atomic E-state index is -0.633. The molecule has 0 spiro atoms. The highest BCUT2D eigenvalue weighted by molar-refractivity contribution is 8.00. The number of para-hydroxylation sites is 2. The number of hydroxylamine groups is 2. The van der Waals surface area contributed by atoms with Gasteiger partial charge < -0.3 is 53.1 Å². The van der Waals surface area contributed by atoms with Crippen LogP contribution in [0, 0.1) is 0 Å². The van der Waals surface area contributed by atoms with Crippen molar-refractivity contribution in [2.45, 2.75) is 82.4 Å². The number of carbonyl (C=O) groups is 5. The number of fused-ring (bicyclic) bond motifs is 8. The first-order valence-electron chi connectivity index (χ1n) is 27.3. The van der Waals surface area contributed by atoms with Crippen LogP contribution in [0.15, 0.2) is 96.0 Å². The van der Waals surface area contributed by atoms with Crippen LogP contribution in [0.5, 0.6) is 23.0 Å². The Kier molecular flexibility index (Phi) is 17.8. The number of rotatable bonds is 26. The van der Waals surface area contributed by atoms with Crippen LogP contribution in [0.2, 0.25) is 0 Å². The van der Waals surface area contributed by atoms with Gasteiger partial charge in [-0.15, -0.1) is 5.06 Å². The minimum absolute atomic E-state index is 0.0300. The summed E-state index contributed by atoms with van der Waals surface area (Å²) in [5.41, 5.74) is 8.52. The van der Waals surface area contributed by atoms with E-state index in [0.717, 1.165) is 45.7 Å². The van der Waals surface area contributed by atoms with Gasteiger partial charge in [0.05, 0.1) is 81.8 Å². The van der Waals surface area contributed by atoms with E-state index in [-0.39, 0.29) is 61.1 Å². The molecular formula is C61H68N6O13S. The maximum atomic E-state index is 14.3. The molecule has 5 aliphatic heterocycles. The van der Waals surface area contributed by atoms with E-state index < -0.39 is 17.8 Å². The number of aliphatic imine (C=N–C) groups is 1. The fourth-order valence-corrected chi connectivity index (χ4v) is 11.9. The second-order valence-corrected chi connectivity index (χ2v) is 22.7. The average molecular weight is 1130 g/mol. The molecule has 0 radical (unpaired) electrons. The van der Waals surface area contributed by atoms with Gasteiger partial charge in [0, 0.05) is 92.6 Å². The molecule has 0 bridgehead atoms. The Morgan fingerprint density at radius 3 is 2.02 bits per heavy atom. The van der Waals surface area contributed by atoms with E-state index in [1.807, 2.05) is 65.7 Å². The van der Waals surface area contributed by atoms with E-state index in [2.05, 4.69) is 42.3 Å². The maximum Gasteiger partial charge on any atom is 0.333 e. The van der Waals surface area contributed by atoms with Gasteiger partial charge in [-0.2, -0.15) is 11.8 Å². The van der Waals surface area contributed by atoms with Crippen LogP contribution >= 0.6 is 11.8 Å². The summed E-state index contributed by atoms with van der Waals surface area (Å²) in [6, 6.07) is 28.9. The summed E-state index contributed by atoms with van der Waals surface area (Å²) in [6.45, 7) is 8.17. The first-order chi connectivity index (χ1) is 39.3. The molecule has 19 nitrogen and oxygen atoms in total. The number of nitrogens with one attached hydrogen (secondary N) is 1. The molecule has 0 aromatic heterocycles. The van der Waals surface area contributed by atoms with Crippen LogP contribution in [-0.4, -0.2) is 137 Å². The van der Waals surface area contributed by atoms with Crippen LogP contribution in [-0.2, 0) is 59.5 Å². The summed E-state index contributed by atoms with van der Waals surface area (Å²) < 4.78 is 41.7. The lowest BCUT2D eigenvalue weighted by Crippen LogP contribution is -2.39. The van der Waals surface area contributed by atoms with Crippen LogP contribution in [0.3, 0.4) is 0 Å². The molecule has 5 aliphatic rings. The van der Waals surface area contributed by atoms with Gasteiger partial charge in [-0.25, -0.2) is 4.79 Å². The van der Waals surface area contributed by atoms with Crippen molar-refractivity contribution < 1.29 is 62.0 Å². The van der Waals surface area contributed by atoms with Gasteiger partial charge in [0.2, 0.25) is 0 Å². The molecule has 2 atom stereocenters. The molecule has 426 valence electrons. The molecule has 20 heteroatoms. The highest BCUT2D eigenvalue weighted by Gasteiger charge is 2.39. The van der Waals surface area contributed by atoms with Crippen molar-refractivity contribution in [2.24, 2.45) is 4.99 Å². The number of hydrogen-bond acceptors (Lipinski definition) is 17. The van der Waals surface area contributed by atoms with Crippen LogP contribution < -0.4 is 39.0 Å².